The van der Waals surface area contributed by atoms with Gasteiger partial charge in [0.25, 0.3) is 0 Å². The van der Waals surface area contributed by atoms with Crippen LogP contribution in [0.2, 0.25) is 0 Å². The van der Waals surface area contributed by atoms with Gasteiger partial charge in [-0.25, -0.2) is 0 Å². The molecule has 1 aliphatic rings. The summed E-state index contributed by atoms with van der Waals surface area (Å²) < 4.78 is 5.18. The molecule has 2 heteroatoms. The Bertz CT molecular complexity index is 80.1. The third-order valence-electron chi connectivity index (χ3n) is 1.36. The van der Waals surface area contributed by atoms with Crippen molar-refractivity contribution in [2.24, 2.45) is 0 Å². The van der Waals surface area contributed by atoms with Gasteiger partial charge in [0.1, 0.15) is 0 Å². The highest BCUT2D eigenvalue weighted by Crippen LogP contribution is 2.31. The van der Waals surface area contributed by atoms with Gasteiger partial charge < -0.3 is 4.74 Å². The summed E-state index contributed by atoms with van der Waals surface area (Å²) in [5, 5.41) is 0. The molecule has 1 nitrogen and oxygen atoms in total. The molecule has 0 aromatic rings. The summed E-state index contributed by atoms with van der Waals surface area (Å²) in [6, 6.07) is 0. The number of ether oxygens (including phenoxy) is 1. The van der Waals surface area contributed by atoms with Gasteiger partial charge in [0, 0.05) is 0 Å². The van der Waals surface area contributed by atoms with E-state index in [2.05, 4.69) is 29.8 Å². The van der Waals surface area contributed by atoms with Crippen LogP contribution in [-0.4, -0.2) is 17.0 Å². The molecule has 0 saturated carbocycles. The smallest absolute Gasteiger partial charge is 0.0773 e. The molecule has 1 unspecified atom stereocenters. The van der Waals surface area contributed by atoms with E-state index in [9.17, 15) is 0 Å². The van der Waals surface area contributed by atoms with E-state index in [4.69, 9.17) is 4.74 Å². The Morgan fingerprint density at radius 2 is 2.14 bits per heavy atom. The minimum absolute atomic E-state index is 0.0972. The summed E-state index contributed by atoms with van der Waals surface area (Å²) >= 11 is 3.46. The van der Waals surface area contributed by atoms with Crippen molar-refractivity contribution in [2.45, 2.75) is 24.3 Å². The molecule has 1 aliphatic heterocycles. The largest absolute Gasteiger partial charge is 0.373 e. The van der Waals surface area contributed by atoms with Gasteiger partial charge in [-0.15, -0.1) is 0 Å². The Kier molecular flexibility index (Phi) is 1.16. The Balaban J connectivity index is 2.43. The lowest BCUT2D eigenvalue weighted by molar-refractivity contribution is -0.109. The number of hydrogen-bond donors (Lipinski definition) is 0. The fourth-order valence-corrected chi connectivity index (χ4v) is 0.744. The van der Waals surface area contributed by atoms with Crippen molar-refractivity contribution < 1.29 is 4.74 Å². The van der Waals surface area contributed by atoms with Crippen molar-refractivity contribution >= 4 is 15.9 Å². The first-order valence-electron chi connectivity index (χ1n) is 2.41. The average molecular weight is 165 g/mol. The molecule has 0 spiro atoms. The van der Waals surface area contributed by atoms with Gasteiger partial charge in [0.2, 0.25) is 0 Å². The molecule has 0 aromatic heterocycles. The molecule has 0 bridgehead atoms. The van der Waals surface area contributed by atoms with Gasteiger partial charge >= 0.3 is 0 Å². The van der Waals surface area contributed by atoms with E-state index in [0.717, 1.165) is 6.61 Å². The topological polar surface area (TPSA) is 9.23 Å². The van der Waals surface area contributed by atoms with Crippen molar-refractivity contribution in [3.63, 3.8) is 0 Å². The molecule has 1 fully saturated rings. The van der Waals surface area contributed by atoms with E-state index in [0.29, 0.717) is 4.83 Å². The number of halogens is 1. The van der Waals surface area contributed by atoms with Crippen molar-refractivity contribution in [1.82, 2.24) is 0 Å². The molecule has 7 heavy (non-hydrogen) atoms. The number of alkyl halides is 1. The van der Waals surface area contributed by atoms with Crippen molar-refractivity contribution in [2.75, 3.05) is 6.61 Å². The molecule has 0 radical (unpaired) electrons. The lowest BCUT2D eigenvalue weighted by Gasteiger charge is -2.40. The molecular weight excluding hydrogens is 156 g/mol. The summed E-state index contributed by atoms with van der Waals surface area (Å²) in [7, 11) is 0. The maximum atomic E-state index is 5.18. The Hall–Kier alpha value is 0.440. The number of hydrogen-bond acceptors (Lipinski definition) is 1. The Morgan fingerprint density at radius 1 is 1.71 bits per heavy atom. The zero-order valence-corrected chi connectivity index (χ0v) is 6.16. The average Bonchev–Trinajstić information content (AvgIpc) is 1.63. The van der Waals surface area contributed by atoms with Crippen LogP contribution in [0.1, 0.15) is 13.8 Å². The Labute approximate surface area is 52.2 Å². The van der Waals surface area contributed by atoms with Crippen molar-refractivity contribution in [3.05, 3.63) is 0 Å². The SMILES string of the molecule is CC1(C)OCC1Br. The number of rotatable bonds is 0. The minimum Gasteiger partial charge on any atom is -0.373 e. The third kappa shape index (κ3) is 0.820. The highest BCUT2D eigenvalue weighted by molar-refractivity contribution is 9.09. The molecule has 1 atom stereocenters. The lowest BCUT2D eigenvalue weighted by Crippen LogP contribution is -2.49. The Morgan fingerprint density at radius 3 is 2.14 bits per heavy atom. The summed E-state index contributed by atoms with van der Waals surface area (Å²) in [4.78, 5) is 0.569. The summed E-state index contributed by atoms with van der Waals surface area (Å²) in [6.07, 6.45) is 0. The monoisotopic (exact) mass is 164 g/mol. The van der Waals surface area contributed by atoms with Crippen molar-refractivity contribution in [3.8, 4) is 0 Å². The maximum Gasteiger partial charge on any atom is 0.0773 e. The predicted octanol–water partition coefficient (Wildman–Crippen LogP) is 1.56. The second kappa shape index (κ2) is 1.46. The van der Waals surface area contributed by atoms with Gasteiger partial charge in [-0.3, -0.25) is 0 Å². The highest BCUT2D eigenvalue weighted by Gasteiger charge is 2.37. The maximum absolute atomic E-state index is 5.18. The predicted molar refractivity (Wildman–Crippen MR) is 32.7 cm³/mol. The van der Waals surface area contributed by atoms with E-state index < -0.39 is 0 Å². The van der Waals surface area contributed by atoms with Gasteiger partial charge in [-0.2, -0.15) is 0 Å². The second-order valence-corrected chi connectivity index (χ2v) is 3.49. The molecule has 0 aliphatic carbocycles. The first kappa shape index (κ1) is 5.57. The quantitative estimate of drug-likeness (QED) is 0.495. The first-order chi connectivity index (χ1) is 3.13. The van der Waals surface area contributed by atoms with Crippen LogP contribution in [0.5, 0.6) is 0 Å². The van der Waals surface area contributed by atoms with E-state index in [1.807, 2.05) is 0 Å². The van der Waals surface area contributed by atoms with Gasteiger partial charge in [-0.05, 0) is 13.8 Å². The van der Waals surface area contributed by atoms with E-state index in [-0.39, 0.29) is 5.60 Å². The van der Waals surface area contributed by atoms with Crippen LogP contribution in [0, 0.1) is 0 Å². The van der Waals surface area contributed by atoms with E-state index in [1.165, 1.54) is 0 Å². The lowest BCUT2D eigenvalue weighted by atomic mass is 10.0. The molecular formula is C5H9BrO. The van der Waals surface area contributed by atoms with Crippen LogP contribution in [0.4, 0.5) is 0 Å². The zero-order chi connectivity index (χ0) is 5.49. The third-order valence-corrected chi connectivity index (χ3v) is 2.72. The fourth-order valence-electron chi connectivity index (χ4n) is 0.480. The molecule has 1 saturated heterocycles. The molecule has 42 valence electrons. The first-order valence-corrected chi connectivity index (χ1v) is 3.32. The van der Waals surface area contributed by atoms with E-state index in [1.54, 1.807) is 0 Å². The molecule has 1 heterocycles. The molecule has 0 aromatic carbocycles. The van der Waals surface area contributed by atoms with Gasteiger partial charge in [0.05, 0.1) is 17.0 Å². The van der Waals surface area contributed by atoms with Crippen LogP contribution in [-0.2, 0) is 4.74 Å². The summed E-state index contributed by atoms with van der Waals surface area (Å²) in [6.45, 7) is 5.03. The van der Waals surface area contributed by atoms with Gasteiger partial charge in [0.15, 0.2) is 0 Å². The van der Waals surface area contributed by atoms with Crippen LogP contribution in [0.15, 0.2) is 0 Å². The summed E-state index contributed by atoms with van der Waals surface area (Å²) in [5.41, 5.74) is 0.0972. The molecule has 1 rings (SSSR count). The van der Waals surface area contributed by atoms with Crippen molar-refractivity contribution in [1.29, 1.82) is 0 Å². The fraction of sp³-hybridized carbons (Fsp3) is 1.00. The van der Waals surface area contributed by atoms with Crippen LogP contribution in [0.25, 0.3) is 0 Å². The minimum atomic E-state index is 0.0972. The normalized spacial score (nSPS) is 37.3. The standard InChI is InChI=1S/C5H9BrO/c1-5(2)4(6)3-7-5/h4H,3H2,1-2H3. The van der Waals surface area contributed by atoms with Crippen LogP contribution < -0.4 is 0 Å². The van der Waals surface area contributed by atoms with E-state index >= 15 is 0 Å². The second-order valence-electron chi connectivity index (χ2n) is 2.38. The molecule has 0 N–H and O–H groups in total. The zero-order valence-electron chi connectivity index (χ0n) is 4.57. The highest BCUT2D eigenvalue weighted by atomic mass is 79.9. The van der Waals surface area contributed by atoms with Crippen LogP contribution in [0.3, 0.4) is 0 Å². The van der Waals surface area contributed by atoms with Gasteiger partial charge in [-0.1, -0.05) is 15.9 Å². The summed E-state index contributed by atoms with van der Waals surface area (Å²) in [5.74, 6) is 0. The molecule has 0 amide bonds. The van der Waals surface area contributed by atoms with Crippen LogP contribution >= 0.6 is 15.9 Å².